The number of benzene rings is 1. The highest BCUT2D eigenvalue weighted by molar-refractivity contribution is 8.02. The Kier molecular flexibility index (Phi) is 9.86. The van der Waals surface area contributed by atoms with Gasteiger partial charge in [-0.15, -0.1) is 11.8 Å². The van der Waals surface area contributed by atoms with E-state index in [0.29, 0.717) is 18.8 Å². The first-order chi connectivity index (χ1) is 18.8. The lowest BCUT2D eigenvalue weighted by Crippen LogP contribution is -2.57. The largest absolute Gasteiger partial charge is 0.494 e. The van der Waals surface area contributed by atoms with Gasteiger partial charge in [0.15, 0.2) is 0 Å². The molecule has 0 aliphatic carbocycles. The van der Waals surface area contributed by atoms with Gasteiger partial charge in [-0.3, -0.25) is 14.4 Å². The zero-order valence-corrected chi connectivity index (χ0v) is 24.6. The summed E-state index contributed by atoms with van der Waals surface area (Å²) in [5, 5.41) is 15.4. The van der Waals surface area contributed by atoms with Crippen molar-refractivity contribution in [3.63, 3.8) is 0 Å². The zero-order chi connectivity index (χ0) is 28.2. The van der Waals surface area contributed by atoms with Crippen LogP contribution in [0.1, 0.15) is 72.6 Å². The number of carbonyl (C=O) groups excluding carboxylic acids is 3. The first kappa shape index (κ1) is 29.7. The molecule has 0 saturated carbocycles. The number of likely N-dealkylation sites (tertiary alicyclic amines) is 1. The number of rotatable bonds is 14. The molecule has 4 unspecified atom stereocenters. The molecule has 3 fully saturated rings. The number of carbonyl (C=O) groups is 3. The minimum atomic E-state index is -0.607. The average Bonchev–Trinajstić information content (AvgIpc) is 3.49. The van der Waals surface area contributed by atoms with Gasteiger partial charge in [0.25, 0.3) is 0 Å². The van der Waals surface area contributed by atoms with E-state index in [9.17, 15) is 14.4 Å². The number of hydrogen-bond acceptors (Lipinski definition) is 6. The van der Waals surface area contributed by atoms with Gasteiger partial charge in [-0.1, -0.05) is 33.1 Å². The number of aliphatic hydroxyl groups excluding tert-OH is 1. The highest BCUT2D eigenvalue weighted by Gasteiger charge is 2.75. The molecule has 4 rings (SSSR count). The number of nitrogens with zero attached hydrogens (tertiary/aromatic N) is 1. The summed E-state index contributed by atoms with van der Waals surface area (Å²) >= 11 is 1.71. The number of amides is 3. The number of unbranched alkanes of at least 4 members (excludes halogenated alkanes) is 3. The third-order valence-corrected chi connectivity index (χ3v) is 10.7. The van der Waals surface area contributed by atoms with Crippen LogP contribution in [0.15, 0.2) is 24.3 Å². The standard InChI is InChI=1S/C30H45N3O5S/c1-5-11-20(4)31-28(36)26-30-19(3)18-23(39-30)24(25(30)29(37)33(26)16-9-7-8-10-17-34)27(35)32-21-12-14-22(15-13-21)38-6-2/h12-15,19-20,23-26,34H,5-11,16-18H2,1-4H3,(H,31,36)(H,32,35)/t19?,20?,23-,24+,25-,26?,30?/m0/s1. The van der Waals surface area contributed by atoms with Crippen LogP contribution in [0.3, 0.4) is 0 Å². The summed E-state index contributed by atoms with van der Waals surface area (Å²) in [7, 11) is 0. The van der Waals surface area contributed by atoms with Crippen molar-refractivity contribution in [1.29, 1.82) is 0 Å². The molecular formula is C30H45N3O5S. The summed E-state index contributed by atoms with van der Waals surface area (Å²) in [6.45, 7) is 9.41. The summed E-state index contributed by atoms with van der Waals surface area (Å²) in [5.41, 5.74) is 0.673. The number of ether oxygens (including phenoxy) is 1. The molecule has 9 heteroatoms. The topological polar surface area (TPSA) is 108 Å². The van der Waals surface area contributed by atoms with E-state index in [1.807, 2.05) is 38.1 Å². The van der Waals surface area contributed by atoms with Crippen LogP contribution < -0.4 is 15.4 Å². The highest BCUT2D eigenvalue weighted by Crippen LogP contribution is 2.68. The van der Waals surface area contributed by atoms with Gasteiger partial charge in [0.1, 0.15) is 11.8 Å². The van der Waals surface area contributed by atoms with Gasteiger partial charge in [0.2, 0.25) is 17.7 Å². The maximum atomic E-state index is 14.1. The molecule has 7 atom stereocenters. The van der Waals surface area contributed by atoms with E-state index >= 15 is 0 Å². The molecule has 216 valence electrons. The molecule has 3 aliphatic rings. The molecular weight excluding hydrogens is 514 g/mol. The summed E-state index contributed by atoms with van der Waals surface area (Å²) in [5.74, 6) is -0.407. The molecule has 3 aliphatic heterocycles. The monoisotopic (exact) mass is 559 g/mol. The van der Waals surface area contributed by atoms with E-state index < -0.39 is 22.6 Å². The Hall–Kier alpha value is -2.26. The summed E-state index contributed by atoms with van der Waals surface area (Å²) < 4.78 is 4.91. The van der Waals surface area contributed by atoms with Crippen molar-refractivity contribution in [2.45, 2.75) is 94.7 Å². The van der Waals surface area contributed by atoms with Gasteiger partial charge >= 0.3 is 0 Å². The van der Waals surface area contributed by atoms with Crippen LogP contribution in [-0.2, 0) is 14.4 Å². The molecule has 39 heavy (non-hydrogen) atoms. The molecule has 1 aromatic rings. The molecule has 0 aromatic heterocycles. The summed E-state index contributed by atoms with van der Waals surface area (Å²) in [4.78, 5) is 43.6. The third-order valence-electron chi connectivity index (χ3n) is 8.65. The smallest absolute Gasteiger partial charge is 0.244 e. The van der Waals surface area contributed by atoms with Crippen molar-refractivity contribution >= 4 is 35.2 Å². The molecule has 8 nitrogen and oxygen atoms in total. The van der Waals surface area contributed by atoms with Crippen molar-refractivity contribution in [3.05, 3.63) is 24.3 Å². The highest BCUT2D eigenvalue weighted by atomic mass is 32.2. The second kappa shape index (κ2) is 12.9. The third kappa shape index (κ3) is 5.80. The lowest BCUT2D eigenvalue weighted by molar-refractivity contribution is -0.139. The van der Waals surface area contributed by atoms with Gasteiger partial charge < -0.3 is 25.4 Å². The number of hydrogen-bond donors (Lipinski definition) is 3. The second-order valence-corrected chi connectivity index (χ2v) is 12.9. The van der Waals surface area contributed by atoms with Crippen molar-refractivity contribution in [2.75, 3.05) is 25.1 Å². The van der Waals surface area contributed by atoms with E-state index in [2.05, 4.69) is 24.5 Å². The van der Waals surface area contributed by atoms with Gasteiger partial charge in [-0.25, -0.2) is 0 Å². The van der Waals surface area contributed by atoms with Crippen LogP contribution in [0.2, 0.25) is 0 Å². The Bertz CT molecular complexity index is 1020. The Morgan fingerprint density at radius 2 is 1.87 bits per heavy atom. The van der Waals surface area contributed by atoms with E-state index in [4.69, 9.17) is 9.84 Å². The van der Waals surface area contributed by atoms with Gasteiger partial charge in [0.05, 0.1) is 23.2 Å². The fraction of sp³-hybridized carbons (Fsp3) is 0.700. The van der Waals surface area contributed by atoms with Crippen LogP contribution in [0, 0.1) is 17.8 Å². The first-order valence-corrected chi connectivity index (χ1v) is 15.6. The van der Waals surface area contributed by atoms with Crippen molar-refractivity contribution in [2.24, 2.45) is 17.8 Å². The van der Waals surface area contributed by atoms with Gasteiger partial charge in [-0.05, 0) is 69.7 Å². The Morgan fingerprint density at radius 3 is 2.54 bits per heavy atom. The fourth-order valence-corrected chi connectivity index (χ4v) is 9.38. The SMILES string of the molecule is CCCC(C)NC(=O)C1N(CCCCCCO)C(=O)[C@@H]2[C@H](C(=O)Nc3ccc(OCC)cc3)[C@@H]3CC(C)C12S3. The number of anilines is 1. The first-order valence-electron chi connectivity index (χ1n) is 14.7. The van der Waals surface area contributed by atoms with Crippen LogP contribution in [0.4, 0.5) is 5.69 Å². The van der Waals surface area contributed by atoms with E-state index in [0.717, 1.165) is 50.7 Å². The van der Waals surface area contributed by atoms with Crippen LogP contribution in [-0.4, -0.2) is 69.6 Å². The molecule has 3 N–H and O–H groups in total. The minimum Gasteiger partial charge on any atom is -0.494 e. The maximum absolute atomic E-state index is 14.1. The zero-order valence-electron chi connectivity index (χ0n) is 23.8. The van der Waals surface area contributed by atoms with Crippen molar-refractivity contribution in [1.82, 2.24) is 10.2 Å². The summed E-state index contributed by atoms with van der Waals surface area (Å²) in [6.07, 6.45) is 5.94. The van der Waals surface area contributed by atoms with Crippen LogP contribution in [0.5, 0.6) is 5.75 Å². The normalized spacial score (nSPS) is 29.8. The lowest BCUT2D eigenvalue weighted by atomic mass is 9.65. The van der Waals surface area contributed by atoms with Crippen LogP contribution >= 0.6 is 11.8 Å². The lowest BCUT2D eigenvalue weighted by Gasteiger charge is -2.39. The predicted octanol–water partition coefficient (Wildman–Crippen LogP) is 4.22. The molecule has 0 radical (unpaired) electrons. The number of fused-ring (bicyclic) bond motifs is 1. The number of nitrogens with one attached hydrogen (secondary N) is 2. The Balaban J connectivity index is 1.59. The maximum Gasteiger partial charge on any atom is 0.244 e. The predicted molar refractivity (Wildman–Crippen MR) is 155 cm³/mol. The van der Waals surface area contributed by atoms with Gasteiger partial charge in [0, 0.05) is 30.1 Å². The average molecular weight is 560 g/mol. The van der Waals surface area contributed by atoms with Gasteiger partial charge in [-0.2, -0.15) is 0 Å². The van der Waals surface area contributed by atoms with E-state index in [1.54, 1.807) is 16.7 Å². The molecule has 2 bridgehead atoms. The molecule has 3 amide bonds. The second-order valence-electron chi connectivity index (χ2n) is 11.4. The van der Waals surface area contributed by atoms with E-state index in [-0.39, 0.29) is 41.5 Å². The molecule has 1 spiro atoms. The number of thioether (sulfide) groups is 1. The minimum absolute atomic E-state index is 0.00622. The summed E-state index contributed by atoms with van der Waals surface area (Å²) in [6, 6.07) is 6.74. The Morgan fingerprint density at radius 1 is 1.15 bits per heavy atom. The quantitative estimate of drug-likeness (QED) is 0.295. The number of aliphatic hydroxyl groups is 1. The van der Waals surface area contributed by atoms with Crippen LogP contribution in [0.25, 0.3) is 0 Å². The molecule has 1 aromatic carbocycles. The van der Waals surface area contributed by atoms with Crippen molar-refractivity contribution < 1.29 is 24.2 Å². The van der Waals surface area contributed by atoms with E-state index in [1.165, 1.54) is 0 Å². The molecule has 3 saturated heterocycles. The Labute approximate surface area is 237 Å². The fourth-order valence-electron chi connectivity index (χ4n) is 6.96. The molecule has 3 heterocycles. The van der Waals surface area contributed by atoms with Crippen molar-refractivity contribution in [3.8, 4) is 5.75 Å².